The molecular weight excluding hydrogens is 1510 g/mol. The van der Waals surface area contributed by atoms with E-state index in [1.807, 2.05) is 6.92 Å². The highest BCUT2D eigenvalue weighted by Gasteiger charge is 2.80. The van der Waals surface area contributed by atoms with E-state index in [1.54, 1.807) is 34.6 Å². The number of carboxylic acids is 1. The maximum atomic E-state index is 18.1. The monoisotopic (exact) mass is 1620 g/mol. The highest BCUT2D eigenvalue weighted by molar-refractivity contribution is 6.02. The van der Waals surface area contributed by atoms with Gasteiger partial charge in [0.1, 0.15) is 43.0 Å². The summed E-state index contributed by atoms with van der Waals surface area (Å²) in [5, 5.41) is 52.2. The number of urea groups is 1. The van der Waals surface area contributed by atoms with Crippen LogP contribution in [0.4, 0.5) is 28.9 Å². The number of hydrogen-bond donors (Lipinski definition) is 12. The molecule has 638 valence electrons. The molecule has 115 heavy (non-hydrogen) atoms. The summed E-state index contributed by atoms with van der Waals surface area (Å²) in [5.74, 6) is -2.63. The van der Waals surface area contributed by atoms with Gasteiger partial charge in [0.2, 0.25) is 35.3 Å². The number of fused-ring (bicyclic) bond motifs is 8. The van der Waals surface area contributed by atoms with Crippen LogP contribution in [0.2, 0.25) is 0 Å². The molecule has 1 aromatic carbocycles. The van der Waals surface area contributed by atoms with Gasteiger partial charge in [0.15, 0.2) is 29.9 Å². The number of halogens is 2. The van der Waals surface area contributed by atoms with Gasteiger partial charge in [-0.3, -0.25) is 38.4 Å². The SMILES string of the molecule is CCCC1O[C@@H]2C[C@H]3[C@@H]4C[C@H](F)C5=CC(=O)C=C[C@]5(C)[C@@]4(F)[C@@H](O)C[C@]3(C)[C@]2(C(=O)COC(=O)[C@H](CC(C)C)NC(=O)[C@H](CO)NC(=O)OCc2ccc(NC(=O)[C@H](CCCNC(N)=O)NC(=O)[C@@H](NC(=O)[C@H](CCC(=O)O)NC(=O)CCOCCOCCOCCOCCNC(=O)OC[C@@H]3[C@@H]4CCC#CCC[C@@H]43)C(C)C)cc2)O1. The van der Waals surface area contributed by atoms with Crippen LogP contribution in [0, 0.1) is 64.1 Å². The predicted octanol–water partition coefficient (Wildman–Crippen LogP) is 4.11. The number of alkyl carbamates (subject to hydrolysis) is 2. The molecule has 18 atom stereocenters. The van der Waals surface area contributed by atoms with Crippen LogP contribution in [0.3, 0.4) is 0 Å². The van der Waals surface area contributed by atoms with E-state index in [0.29, 0.717) is 62.5 Å². The Morgan fingerprint density at radius 2 is 1.35 bits per heavy atom. The average molecular weight is 1620 g/mol. The molecule has 0 spiro atoms. The fourth-order valence-corrected chi connectivity index (χ4v) is 16.9. The van der Waals surface area contributed by atoms with Crippen molar-refractivity contribution < 1.29 is 124 Å². The molecule has 4 saturated carbocycles. The van der Waals surface area contributed by atoms with Crippen LogP contribution in [-0.4, -0.2) is 238 Å². The summed E-state index contributed by atoms with van der Waals surface area (Å²) in [6, 6.07) is -2.16. The van der Waals surface area contributed by atoms with Gasteiger partial charge in [-0.25, -0.2) is 28.0 Å². The van der Waals surface area contributed by atoms with Crippen molar-refractivity contribution in [1.82, 2.24) is 37.2 Å². The lowest BCUT2D eigenvalue weighted by molar-refractivity contribution is -0.235. The third-order valence-corrected chi connectivity index (χ3v) is 22.9. The molecule has 6 aliphatic carbocycles. The summed E-state index contributed by atoms with van der Waals surface area (Å²) in [6.45, 7) is 11.7. The number of carbonyl (C=O) groups excluding carboxylic acids is 11. The Morgan fingerprint density at radius 1 is 0.713 bits per heavy atom. The summed E-state index contributed by atoms with van der Waals surface area (Å²) in [7, 11) is 0. The number of primary amides is 1. The number of alkyl halides is 2. The lowest BCUT2D eigenvalue weighted by Gasteiger charge is -2.63. The van der Waals surface area contributed by atoms with Crippen molar-refractivity contribution in [3.05, 3.63) is 53.6 Å². The largest absolute Gasteiger partial charge is 0.481 e. The third kappa shape index (κ3) is 24.0. The highest BCUT2D eigenvalue weighted by atomic mass is 19.1. The summed E-state index contributed by atoms with van der Waals surface area (Å²) in [5.41, 5.74) is -1.70. The molecule has 5 fully saturated rings. The predicted molar refractivity (Wildman–Crippen MR) is 406 cm³/mol. The first-order valence-electron chi connectivity index (χ1n) is 39.9. The number of carboxylic acid groups (broad SMARTS) is 1. The maximum absolute atomic E-state index is 18.1. The van der Waals surface area contributed by atoms with Crippen molar-refractivity contribution in [2.75, 3.05) is 91.1 Å². The molecular formula is C80H115F2N9O24. The second-order valence-electron chi connectivity index (χ2n) is 31.6. The van der Waals surface area contributed by atoms with Gasteiger partial charge in [-0.05, 0) is 142 Å². The van der Waals surface area contributed by atoms with Crippen molar-refractivity contribution in [3.8, 4) is 11.8 Å². The molecule has 1 aromatic rings. The Kier molecular flexibility index (Phi) is 34.2. The van der Waals surface area contributed by atoms with E-state index in [4.69, 9.17) is 48.4 Å². The highest BCUT2D eigenvalue weighted by Crippen LogP contribution is 2.72. The van der Waals surface area contributed by atoms with Gasteiger partial charge >= 0.3 is 30.2 Å². The molecule has 0 radical (unpaired) electrons. The van der Waals surface area contributed by atoms with E-state index in [-0.39, 0.29) is 108 Å². The van der Waals surface area contributed by atoms with Gasteiger partial charge in [0.05, 0.1) is 78.3 Å². The van der Waals surface area contributed by atoms with E-state index < -0.39 is 199 Å². The second kappa shape index (κ2) is 42.9. The minimum atomic E-state index is -2.46. The van der Waals surface area contributed by atoms with Crippen LogP contribution >= 0.6 is 0 Å². The van der Waals surface area contributed by atoms with E-state index in [9.17, 15) is 72.9 Å². The van der Waals surface area contributed by atoms with Crippen LogP contribution in [0.15, 0.2) is 48.1 Å². The number of amides is 9. The number of esters is 1. The zero-order chi connectivity index (χ0) is 83.8. The standard InChI is InChI=1S/C80H115F2N9O24/c1-8-14-67-114-64-40-54-55-39-57(81)56-38-50(93)24-26-77(56,6)79(55,82)62(94)41-78(54,7)80(64,115-67)63(95)45-111-73(103)60(37-46(2)3)89-71(101)61(42-92)90-76(106)112-43-48-18-20-49(21-19-48)86-69(99)58(17-13-27-84-74(83)104)88-72(102)68(47(4)5)91-70(100)59(22-23-66(97)98)87-65(96)25-29-107-31-33-109-35-36-110-34-32-108-30-28-85-75(105)113-44-53-51-15-11-9-10-12-16-52(51)53/h18-21,24,26,38,46-47,51-55,57-62,64,67-68,92,94H,8,11-17,22-23,25,27-37,39-45H2,1-7H3,(H,85,105)(H,86,99)(H,87,96)(H,88,102)(H,89,101)(H,90,106)(H,91,100)(H,97,98)(H3,83,84,104)/t51-,52+,53-,54-,55-,57-,58-,59-,60-,61-,62-,64+,67?,68-,77-,78-,79-,80+/m0/s1. The molecule has 0 bridgehead atoms. The van der Waals surface area contributed by atoms with Crippen molar-refractivity contribution >= 4 is 76.9 Å². The van der Waals surface area contributed by atoms with Crippen molar-refractivity contribution in [2.24, 2.45) is 58.0 Å². The van der Waals surface area contributed by atoms with Crippen LogP contribution in [-0.2, 0) is 92.4 Å². The number of allylic oxidation sites excluding steroid dienone is 4. The number of carbonyl (C=O) groups is 12. The van der Waals surface area contributed by atoms with Crippen LogP contribution < -0.4 is 48.3 Å². The minimum absolute atomic E-state index is 0.00618. The molecule has 8 rings (SSSR count). The fraction of sp³-hybridized carbons (Fsp3) is 0.700. The van der Waals surface area contributed by atoms with Gasteiger partial charge < -0.3 is 106 Å². The Balaban J connectivity index is 0.755. The zero-order valence-corrected chi connectivity index (χ0v) is 66.5. The molecule has 13 N–H and O–H groups in total. The Bertz CT molecular complexity index is 3690. The van der Waals surface area contributed by atoms with E-state index >= 15 is 8.78 Å². The van der Waals surface area contributed by atoms with Gasteiger partial charge in [0.25, 0.3) is 0 Å². The second-order valence-corrected chi connectivity index (χ2v) is 31.6. The summed E-state index contributed by atoms with van der Waals surface area (Å²) < 4.78 is 85.8. The number of Topliss-reactive ketones (excluding diaryl/α,β-unsaturated/α-hetero) is 1. The molecule has 0 aromatic heterocycles. The van der Waals surface area contributed by atoms with Gasteiger partial charge in [-0.1, -0.05) is 66.2 Å². The topological polar surface area (TPSA) is 471 Å². The van der Waals surface area contributed by atoms with Crippen LogP contribution in [0.1, 0.15) is 150 Å². The molecule has 1 unspecified atom stereocenters. The van der Waals surface area contributed by atoms with Crippen LogP contribution in [0.5, 0.6) is 0 Å². The molecule has 35 heteroatoms. The molecule has 1 heterocycles. The van der Waals surface area contributed by atoms with Gasteiger partial charge in [-0.2, -0.15) is 0 Å². The first-order chi connectivity index (χ1) is 54.8. The number of aliphatic hydroxyl groups is 2. The number of ketones is 2. The number of nitrogens with one attached hydrogen (secondary N) is 8. The Morgan fingerprint density at radius 3 is 1.97 bits per heavy atom. The summed E-state index contributed by atoms with van der Waals surface area (Å²) in [6.07, 6.45) is -0.441. The number of nitrogens with two attached hydrogens (primary N) is 1. The van der Waals surface area contributed by atoms with Crippen molar-refractivity contribution in [3.63, 3.8) is 0 Å². The van der Waals surface area contributed by atoms with Gasteiger partial charge in [-0.15, -0.1) is 11.8 Å². The summed E-state index contributed by atoms with van der Waals surface area (Å²) >= 11 is 0. The molecule has 1 aliphatic heterocycles. The Labute approximate surface area is 667 Å². The Hall–Kier alpha value is -8.76. The first-order valence-corrected chi connectivity index (χ1v) is 39.9. The number of benzene rings is 1. The average Bonchev–Trinajstić information content (AvgIpc) is 1.57. The fourth-order valence-electron chi connectivity index (χ4n) is 16.9. The first kappa shape index (κ1) is 91.8. The van der Waals surface area contributed by atoms with Crippen LogP contribution in [0.25, 0.3) is 0 Å². The van der Waals surface area contributed by atoms with E-state index in [0.717, 1.165) is 31.8 Å². The maximum Gasteiger partial charge on any atom is 0.408 e. The lowest BCUT2D eigenvalue weighted by atomic mass is 9.44. The smallest absolute Gasteiger partial charge is 0.408 e. The summed E-state index contributed by atoms with van der Waals surface area (Å²) in [4.78, 5) is 159. The normalized spacial score (nSPS) is 27.3. The number of rotatable bonds is 46. The van der Waals surface area contributed by atoms with Crippen molar-refractivity contribution in [2.45, 2.75) is 218 Å². The minimum Gasteiger partial charge on any atom is -0.481 e. The van der Waals surface area contributed by atoms with Gasteiger partial charge in [0, 0.05) is 61.2 Å². The number of hydrogen-bond acceptors (Lipinski definition) is 23. The molecule has 7 aliphatic rings. The zero-order valence-electron chi connectivity index (χ0n) is 66.5. The number of aliphatic carboxylic acids is 1. The molecule has 1 saturated heterocycles. The quantitative estimate of drug-likeness (QED) is 0.0189. The number of ether oxygens (including phenoxy) is 9. The lowest BCUT2D eigenvalue weighted by Crippen LogP contribution is -2.71. The number of aliphatic hydroxyl groups excluding tert-OH is 2. The third-order valence-electron chi connectivity index (χ3n) is 22.9. The molecule has 9 amide bonds. The van der Waals surface area contributed by atoms with Crippen molar-refractivity contribution in [1.29, 1.82) is 0 Å². The molecule has 33 nitrogen and oxygen atoms in total. The number of anilines is 1. The van der Waals surface area contributed by atoms with E-state index in [2.05, 4.69) is 54.4 Å². The van der Waals surface area contributed by atoms with E-state index in [1.165, 1.54) is 43.3 Å².